The Morgan fingerprint density at radius 1 is 1.36 bits per heavy atom. The van der Waals surface area contributed by atoms with E-state index in [4.69, 9.17) is 5.73 Å². The SMILES string of the molecule is Cn1c(N)nc2cc3ccccn3c21. The van der Waals surface area contributed by atoms with Crippen LogP contribution in [-0.2, 0) is 7.05 Å². The number of rotatable bonds is 0. The van der Waals surface area contributed by atoms with Gasteiger partial charge in [0.15, 0.2) is 0 Å². The number of aromatic nitrogens is 3. The van der Waals surface area contributed by atoms with Crippen molar-refractivity contribution in [3.63, 3.8) is 0 Å². The molecule has 0 aliphatic carbocycles. The fourth-order valence-corrected chi connectivity index (χ4v) is 1.82. The Morgan fingerprint density at radius 2 is 2.21 bits per heavy atom. The largest absolute Gasteiger partial charge is 0.369 e. The molecular formula is C10H10N4. The second-order valence-electron chi connectivity index (χ2n) is 3.38. The number of nitrogens with two attached hydrogens (primary N) is 1. The van der Waals surface area contributed by atoms with Gasteiger partial charge in [0.1, 0.15) is 11.2 Å². The summed E-state index contributed by atoms with van der Waals surface area (Å²) in [5.41, 5.74) is 8.85. The number of nitrogens with zero attached hydrogens (tertiary/aromatic N) is 3. The summed E-state index contributed by atoms with van der Waals surface area (Å²) in [5, 5.41) is 0. The van der Waals surface area contributed by atoms with Gasteiger partial charge in [-0.05, 0) is 18.2 Å². The minimum atomic E-state index is 0.549. The second kappa shape index (κ2) is 2.29. The Kier molecular flexibility index (Phi) is 1.21. The zero-order valence-corrected chi connectivity index (χ0v) is 7.81. The van der Waals surface area contributed by atoms with Crippen LogP contribution < -0.4 is 5.73 Å². The number of imidazole rings is 1. The summed E-state index contributed by atoms with van der Waals surface area (Å²) >= 11 is 0. The molecule has 3 aromatic heterocycles. The highest BCUT2D eigenvalue weighted by Gasteiger charge is 2.09. The Labute approximate surface area is 80.6 Å². The topological polar surface area (TPSA) is 48.2 Å². The average Bonchev–Trinajstić information content (AvgIpc) is 2.65. The van der Waals surface area contributed by atoms with Crippen LogP contribution in [0.1, 0.15) is 0 Å². The maximum atomic E-state index is 5.73. The molecule has 3 aromatic rings. The monoisotopic (exact) mass is 186 g/mol. The molecule has 0 spiro atoms. The number of fused-ring (bicyclic) bond motifs is 3. The molecule has 3 rings (SSSR count). The van der Waals surface area contributed by atoms with Gasteiger partial charge in [-0.1, -0.05) is 6.07 Å². The standard InChI is InChI=1S/C10H10N4/c1-13-9-8(12-10(13)11)6-7-4-2-3-5-14(7)9/h2-6H,1H3,(H2,11,12). The smallest absolute Gasteiger partial charge is 0.202 e. The predicted molar refractivity (Wildman–Crippen MR) is 56.1 cm³/mol. The Hall–Kier alpha value is -1.97. The Bertz CT molecular complexity index is 617. The van der Waals surface area contributed by atoms with Gasteiger partial charge >= 0.3 is 0 Å². The lowest BCUT2D eigenvalue weighted by molar-refractivity contribution is 0.935. The van der Waals surface area contributed by atoms with Crippen molar-refractivity contribution in [3.8, 4) is 0 Å². The summed E-state index contributed by atoms with van der Waals surface area (Å²) < 4.78 is 3.97. The second-order valence-corrected chi connectivity index (χ2v) is 3.38. The van der Waals surface area contributed by atoms with E-state index in [2.05, 4.69) is 15.5 Å². The third-order valence-electron chi connectivity index (χ3n) is 2.53. The van der Waals surface area contributed by atoms with Crippen LogP contribution in [0, 0.1) is 0 Å². The lowest BCUT2D eigenvalue weighted by Gasteiger charge is -1.98. The molecule has 0 atom stereocenters. The summed E-state index contributed by atoms with van der Waals surface area (Å²) in [5.74, 6) is 0.549. The van der Waals surface area contributed by atoms with E-state index in [1.54, 1.807) is 0 Å². The molecule has 0 aromatic carbocycles. The summed E-state index contributed by atoms with van der Waals surface area (Å²) in [6, 6.07) is 8.09. The van der Waals surface area contributed by atoms with Gasteiger partial charge in [-0.15, -0.1) is 0 Å². The van der Waals surface area contributed by atoms with Gasteiger partial charge in [0, 0.05) is 18.8 Å². The van der Waals surface area contributed by atoms with Crippen LogP contribution in [0.2, 0.25) is 0 Å². The normalized spacial score (nSPS) is 11.5. The van der Waals surface area contributed by atoms with Crippen LogP contribution in [0.25, 0.3) is 16.7 Å². The van der Waals surface area contributed by atoms with Gasteiger partial charge in [0.25, 0.3) is 0 Å². The first-order valence-corrected chi connectivity index (χ1v) is 4.45. The van der Waals surface area contributed by atoms with Crippen molar-refractivity contribution < 1.29 is 0 Å². The lowest BCUT2D eigenvalue weighted by atomic mass is 10.4. The Morgan fingerprint density at radius 3 is 3.07 bits per heavy atom. The zero-order chi connectivity index (χ0) is 9.71. The van der Waals surface area contributed by atoms with Crippen molar-refractivity contribution >= 4 is 22.6 Å². The van der Waals surface area contributed by atoms with E-state index < -0.39 is 0 Å². The van der Waals surface area contributed by atoms with E-state index in [0.29, 0.717) is 5.95 Å². The first kappa shape index (κ1) is 7.44. The maximum Gasteiger partial charge on any atom is 0.202 e. The molecule has 0 unspecified atom stereocenters. The maximum absolute atomic E-state index is 5.73. The van der Waals surface area contributed by atoms with Gasteiger partial charge in [0.2, 0.25) is 5.95 Å². The molecule has 0 saturated carbocycles. The highest BCUT2D eigenvalue weighted by Crippen LogP contribution is 2.20. The van der Waals surface area contributed by atoms with E-state index in [1.165, 1.54) is 0 Å². The first-order valence-electron chi connectivity index (χ1n) is 4.45. The molecule has 14 heavy (non-hydrogen) atoms. The first-order chi connectivity index (χ1) is 6.77. The van der Waals surface area contributed by atoms with E-state index >= 15 is 0 Å². The number of pyridine rings is 1. The summed E-state index contributed by atoms with van der Waals surface area (Å²) in [6.45, 7) is 0. The summed E-state index contributed by atoms with van der Waals surface area (Å²) in [4.78, 5) is 4.27. The van der Waals surface area contributed by atoms with E-state index in [9.17, 15) is 0 Å². The molecule has 3 heterocycles. The molecule has 0 radical (unpaired) electrons. The van der Waals surface area contributed by atoms with Crippen LogP contribution in [0.4, 0.5) is 5.95 Å². The van der Waals surface area contributed by atoms with Crippen LogP contribution >= 0.6 is 0 Å². The third kappa shape index (κ3) is 0.750. The van der Waals surface area contributed by atoms with Gasteiger partial charge < -0.3 is 10.1 Å². The van der Waals surface area contributed by atoms with Gasteiger partial charge in [-0.2, -0.15) is 0 Å². The van der Waals surface area contributed by atoms with E-state index in [1.807, 2.05) is 36.0 Å². The number of nitrogen functional groups attached to an aromatic ring is 1. The molecule has 0 amide bonds. The summed E-state index contributed by atoms with van der Waals surface area (Å²) in [7, 11) is 1.92. The molecule has 4 heteroatoms. The highest BCUT2D eigenvalue weighted by molar-refractivity contribution is 5.83. The molecule has 0 saturated heterocycles. The molecule has 4 nitrogen and oxygen atoms in total. The van der Waals surface area contributed by atoms with Crippen LogP contribution in [0.5, 0.6) is 0 Å². The molecule has 0 aliphatic rings. The van der Waals surface area contributed by atoms with E-state index in [-0.39, 0.29) is 0 Å². The van der Waals surface area contributed by atoms with Crippen LogP contribution in [0.15, 0.2) is 30.5 Å². The zero-order valence-electron chi connectivity index (χ0n) is 7.81. The molecule has 0 fully saturated rings. The van der Waals surface area contributed by atoms with Crippen molar-refractivity contribution in [3.05, 3.63) is 30.5 Å². The molecule has 0 bridgehead atoms. The van der Waals surface area contributed by atoms with Crippen molar-refractivity contribution in [2.75, 3.05) is 5.73 Å². The van der Waals surface area contributed by atoms with Crippen LogP contribution in [0.3, 0.4) is 0 Å². The highest BCUT2D eigenvalue weighted by atomic mass is 15.2. The third-order valence-corrected chi connectivity index (χ3v) is 2.53. The van der Waals surface area contributed by atoms with Crippen molar-refractivity contribution in [1.29, 1.82) is 0 Å². The number of hydrogen-bond donors (Lipinski definition) is 1. The molecule has 70 valence electrons. The average molecular weight is 186 g/mol. The predicted octanol–water partition coefficient (Wildman–Crippen LogP) is 1.41. The van der Waals surface area contributed by atoms with Gasteiger partial charge in [-0.25, -0.2) is 4.98 Å². The fourth-order valence-electron chi connectivity index (χ4n) is 1.82. The van der Waals surface area contributed by atoms with Gasteiger partial charge in [0.05, 0.1) is 0 Å². The minimum Gasteiger partial charge on any atom is -0.369 e. The number of aryl methyl sites for hydroxylation is 1. The van der Waals surface area contributed by atoms with E-state index in [0.717, 1.165) is 16.7 Å². The Balaban J connectivity index is 2.62. The number of hydrogen-bond acceptors (Lipinski definition) is 2. The lowest BCUT2D eigenvalue weighted by Crippen LogP contribution is -1.98. The molecule has 2 N–H and O–H groups in total. The van der Waals surface area contributed by atoms with Gasteiger partial charge in [-0.3, -0.25) is 4.57 Å². The summed E-state index contributed by atoms with van der Waals surface area (Å²) in [6.07, 6.45) is 2.01. The minimum absolute atomic E-state index is 0.549. The molecule has 0 aliphatic heterocycles. The quantitative estimate of drug-likeness (QED) is 0.577. The van der Waals surface area contributed by atoms with Crippen molar-refractivity contribution in [1.82, 2.24) is 14.0 Å². The number of anilines is 1. The fraction of sp³-hybridized carbons (Fsp3) is 0.100. The van der Waals surface area contributed by atoms with Crippen molar-refractivity contribution in [2.45, 2.75) is 0 Å². The molecular weight excluding hydrogens is 176 g/mol. The van der Waals surface area contributed by atoms with Crippen molar-refractivity contribution in [2.24, 2.45) is 7.05 Å². The van der Waals surface area contributed by atoms with Crippen LogP contribution in [-0.4, -0.2) is 14.0 Å².